The van der Waals surface area contributed by atoms with Gasteiger partial charge >= 0.3 is 6.03 Å². The first-order valence-electron chi connectivity index (χ1n) is 9.06. The highest BCUT2D eigenvalue weighted by molar-refractivity contribution is 7.07. The van der Waals surface area contributed by atoms with Crippen molar-refractivity contribution in [1.29, 1.82) is 0 Å². The van der Waals surface area contributed by atoms with Crippen molar-refractivity contribution in [2.45, 2.75) is 25.5 Å². The molecular formula is C20H22N4O2S. The topological polar surface area (TPSA) is 59.4 Å². The summed E-state index contributed by atoms with van der Waals surface area (Å²) in [5, 5.41) is 11.4. The fraction of sp³-hybridized carbons (Fsp3) is 0.300. The molecule has 0 saturated carbocycles. The van der Waals surface area contributed by atoms with Crippen molar-refractivity contribution in [2.75, 3.05) is 18.5 Å². The van der Waals surface area contributed by atoms with E-state index < -0.39 is 0 Å². The molecule has 27 heavy (non-hydrogen) atoms. The predicted octanol–water partition coefficient (Wildman–Crippen LogP) is 4.15. The van der Waals surface area contributed by atoms with Crippen LogP contribution >= 0.6 is 11.3 Å². The third kappa shape index (κ3) is 4.56. The molecule has 1 aliphatic rings. The molecule has 0 radical (unpaired) electrons. The number of thiophene rings is 1. The lowest BCUT2D eigenvalue weighted by atomic mass is 10.2. The van der Waals surface area contributed by atoms with E-state index in [1.54, 1.807) is 22.2 Å². The van der Waals surface area contributed by atoms with Gasteiger partial charge in [-0.15, -0.1) is 0 Å². The Balaban J connectivity index is 1.48. The molecule has 3 heterocycles. The van der Waals surface area contributed by atoms with E-state index in [0.29, 0.717) is 13.1 Å². The van der Waals surface area contributed by atoms with Crippen molar-refractivity contribution in [3.63, 3.8) is 0 Å². The monoisotopic (exact) mass is 382 g/mol. The fourth-order valence-corrected chi connectivity index (χ4v) is 3.87. The van der Waals surface area contributed by atoms with Gasteiger partial charge in [0.05, 0.1) is 11.8 Å². The number of hydrogen-bond acceptors (Lipinski definition) is 4. The molecule has 7 heteroatoms. The van der Waals surface area contributed by atoms with E-state index in [0.717, 1.165) is 36.4 Å². The number of rotatable bonds is 6. The molecule has 6 nitrogen and oxygen atoms in total. The summed E-state index contributed by atoms with van der Waals surface area (Å²) in [6, 6.07) is 11.5. The molecule has 4 rings (SSSR count). The predicted molar refractivity (Wildman–Crippen MR) is 106 cm³/mol. The Morgan fingerprint density at radius 2 is 2.33 bits per heavy atom. The average Bonchev–Trinajstić information content (AvgIpc) is 3.45. The lowest BCUT2D eigenvalue weighted by Gasteiger charge is -2.25. The number of ether oxygens (including phenoxy) is 1. The molecule has 0 bridgehead atoms. The number of urea groups is 1. The van der Waals surface area contributed by atoms with Gasteiger partial charge in [0.15, 0.2) is 0 Å². The first kappa shape index (κ1) is 17.8. The molecule has 3 aromatic rings. The molecule has 2 aromatic heterocycles. The summed E-state index contributed by atoms with van der Waals surface area (Å²) < 4.78 is 7.51. The van der Waals surface area contributed by atoms with E-state index in [2.05, 4.69) is 21.9 Å². The normalized spacial score (nSPS) is 16.4. The van der Waals surface area contributed by atoms with Gasteiger partial charge in [-0.1, -0.05) is 6.07 Å². The maximum absolute atomic E-state index is 13.0. The minimum atomic E-state index is -0.116. The number of nitrogens with zero attached hydrogens (tertiary/aromatic N) is 3. The Bertz CT molecular complexity index is 858. The molecule has 0 spiro atoms. The largest absolute Gasteiger partial charge is 0.376 e. The highest BCUT2D eigenvalue weighted by atomic mass is 32.1. The van der Waals surface area contributed by atoms with Crippen LogP contribution in [0.5, 0.6) is 0 Å². The van der Waals surface area contributed by atoms with Gasteiger partial charge < -0.3 is 15.0 Å². The smallest absolute Gasteiger partial charge is 0.322 e. The molecule has 1 saturated heterocycles. The van der Waals surface area contributed by atoms with Crippen LogP contribution in [-0.2, 0) is 11.3 Å². The van der Waals surface area contributed by atoms with Crippen molar-refractivity contribution < 1.29 is 9.53 Å². The zero-order chi connectivity index (χ0) is 18.5. The molecule has 1 unspecified atom stereocenters. The number of benzene rings is 1. The van der Waals surface area contributed by atoms with Crippen LogP contribution in [0.1, 0.15) is 18.4 Å². The summed E-state index contributed by atoms with van der Waals surface area (Å²) in [4.78, 5) is 14.8. The Morgan fingerprint density at radius 1 is 1.37 bits per heavy atom. The van der Waals surface area contributed by atoms with Crippen LogP contribution in [0.3, 0.4) is 0 Å². The summed E-state index contributed by atoms with van der Waals surface area (Å²) in [6.07, 6.45) is 5.79. The summed E-state index contributed by atoms with van der Waals surface area (Å²) in [5.74, 6) is 0. The van der Waals surface area contributed by atoms with E-state index in [1.165, 1.54) is 0 Å². The van der Waals surface area contributed by atoms with Crippen molar-refractivity contribution in [3.05, 3.63) is 65.1 Å². The van der Waals surface area contributed by atoms with Gasteiger partial charge in [-0.05, 0) is 59.5 Å². The summed E-state index contributed by atoms with van der Waals surface area (Å²) in [6.45, 7) is 1.96. The minimum absolute atomic E-state index is 0.116. The molecule has 1 aromatic carbocycles. The molecule has 1 fully saturated rings. The minimum Gasteiger partial charge on any atom is -0.376 e. The lowest BCUT2D eigenvalue weighted by Crippen LogP contribution is -2.39. The van der Waals surface area contributed by atoms with Crippen molar-refractivity contribution in [3.8, 4) is 5.69 Å². The zero-order valence-electron chi connectivity index (χ0n) is 15.0. The van der Waals surface area contributed by atoms with Crippen molar-refractivity contribution in [2.24, 2.45) is 0 Å². The molecule has 0 aliphatic carbocycles. The van der Waals surface area contributed by atoms with E-state index in [4.69, 9.17) is 4.74 Å². The molecule has 2 amide bonds. The quantitative estimate of drug-likeness (QED) is 0.697. The van der Waals surface area contributed by atoms with Gasteiger partial charge in [0.25, 0.3) is 0 Å². The third-order valence-electron chi connectivity index (χ3n) is 4.56. The number of aromatic nitrogens is 2. The van der Waals surface area contributed by atoms with E-state index in [9.17, 15) is 4.79 Å². The maximum atomic E-state index is 13.0. The second-order valence-electron chi connectivity index (χ2n) is 6.58. The van der Waals surface area contributed by atoms with Gasteiger partial charge in [-0.25, -0.2) is 9.48 Å². The van der Waals surface area contributed by atoms with Gasteiger partial charge in [0.2, 0.25) is 0 Å². The van der Waals surface area contributed by atoms with Crippen molar-refractivity contribution >= 4 is 23.1 Å². The average molecular weight is 382 g/mol. The second kappa shape index (κ2) is 8.37. The second-order valence-corrected chi connectivity index (χ2v) is 7.36. The van der Waals surface area contributed by atoms with Gasteiger partial charge in [0.1, 0.15) is 0 Å². The van der Waals surface area contributed by atoms with Crippen LogP contribution in [0.4, 0.5) is 10.5 Å². The van der Waals surface area contributed by atoms with Crippen LogP contribution in [0.25, 0.3) is 5.69 Å². The zero-order valence-corrected chi connectivity index (χ0v) is 15.8. The summed E-state index contributed by atoms with van der Waals surface area (Å²) in [5.41, 5.74) is 2.79. The molecule has 140 valence electrons. The van der Waals surface area contributed by atoms with E-state index in [-0.39, 0.29) is 12.1 Å². The first-order valence-corrected chi connectivity index (χ1v) is 10.0. The number of amides is 2. The van der Waals surface area contributed by atoms with Crippen LogP contribution in [0.15, 0.2) is 59.6 Å². The lowest BCUT2D eigenvalue weighted by molar-refractivity contribution is 0.0819. The van der Waals surface area contributed by atoms with Crippen LogP contribution in [-0.4, -0.2) is 40.0 Å². The Labute approximate surface area is 162 Å². The van der Waals surface area contributed by atoms with Crippen LogP contribution in [0.2, 0.25) is 0 Å². The number of nitrogens with one attached hydrogen (secondary N) is 1. The van der Waals surface area contributed by atoms with E-state index in [1.807, 2.05) is 46.8 Å². The molecule has 1 N–H and O–H groups in total. The highest BCUT2D eigenvalue weighted by Crippen LogP contribution is 2.19. The summed E-state index contributed by atoms with van der Waals surface area (Å²) in [7, 11) is 0. The van der Waals surface area contributed by atoms with Crippen LogP contribution < -0.4 is 5.32 Å². The highest BCUT2D eigenvalue weighted by Gasteiger charge is 2.23. The number of carbonyl (C=O) groups is 1. The van der Waals surface area contributed by atoms with Gasteiger partial charge in [0, 0.05) is 37.8 Å². The Morgan fingerprint density at radius 3 is 3.07 bits per heavy atom. The van der Waals surface area contributed by atoms with E-state index >= 15 is 0 Å². The Hall–Kier alpha value is -2.64. The standard InChI is InChI=1S/C20H22N4O2S/c25-20(22-17-4-1-5-18(12-17)24-9-3-8-21-24)23(13-16-7-11-27-15-16)14-19-6-2-10-26-19/h1,3-5,7-9,11-12,15,19H,2,6,10,13-14H2,(H,22,25). The Kier molecular flexibility index (Phi) is 5.50. The van der Waals surface area contributed by atoms with Crippen molar-refractivity contribution in [1.82, 2.24) is 14.7 Å². The fourth-order valence-electron chi connectivity index (χ4n) is 3.21. The number of anilines is 1. The number of carbonyl (C=O) groups excluding carboxylic acids is 1. The summed E-state index contributed by atoms with van der Waals surface area (Å²) >= 11 is 1.64. The molecule has 1 atom stereocenters. The first-order chi connectivity index (χ1) is 13.3. The third-order valence-corrected chi connectivity index (χ3v) is 5.29. The molecule has 1 aliphatic heterocycles. The van der Waals surface area contributed by atoms with Gasteiger partial charge in [-0.3, -0.25) is 0 Å². The van der Waals surface area contributed by atoms with Gasteiger partial charge in [-0.2, -0.15) is 16.4 Å². The number of hydrogen-bond donors (Lipinski definition) is 1. The molecular weight excluding hydrogens is 360 g/mol. The maximum Gasteiger partial charge on any atom is 0.322 e. The van der Waals surface area contributed by atoms with Crippen LogP contribution in [0, 0.1) is 0 Å². The SMILES string of the molecule is O=C(Nc1cccc(-n2cccn2)c1)N(Cc1ccsc1)CC1CCCO1.